The van der Waals surface area contributed by atoms with Crippen molar-refractivity contribution < 1.29 is 23.9 Å². The molecule has 4 rings (SSSR count). The molecule has 0 bridgehead atoms. The minimum Gasteiger partial charge on any atom is -0.423 e. The van der Waals surface area contributed by atoms with E-state index in [4.69, 9.17) is 32.7 Å². The number of aryl methyl sites for hydroxylation is 1. The first-order valence-electron chi connectivity index (χ1n) is 11.3. The van der Waals surface area contributed by atoms with Crippen LogP contribution in [0.25, 0.3) is 0 Å². The lowest BCUT2D eigenvalue weighted by Gasteiger charge is -2.11. The molecule has 0 saturated heterocycles. The molecule has 1 amide bonds. The third-order valence-corrected chi connectivity index (χ3v) is 5.82. The number of hydrogen-bond donors (Lipinski definition) is 1. The van der Waals surface area contributed by atoms with E-state index in [1.54, 1.807) is 42.5 Å². The first-order chi connectivity index (χ1) is 18.3. The van der Waals surface area contributed by atoms with Gasteiger partial charge >= 0.3 is 11.9 Å². The van der Waals surface area contributed by atoms with Crippen LogP contribution >= 0.6 is 23.2 Å². The largest absolute Gasteiger partial charge is 0.423 e. The summed E-state index contributed by atoms with van der Waals surface area (Å²) in [6, 6.07) is 23.9. The molecule has 0 spiro atoms. The van der Waals surface area contributed by atoms with E-state index in [0.717, 1.165) is 5.56 Å². The van der Waals surface area contributed by atoms with Gasteiger partial charge in [0.15, 0.2) is 0 Å². The molecule has 0 unspecified atom stereocenters. The first kappa shape index (κ1) is 26.6. The van der Waals surface area contributed by atoms with E-state index in [9.17, 15) is 14.4 Å². The van der Waals surface area contributed by atoms with Gasteiger partial charge in [-0.15, -0.1) is 0 Å². The Balaban J connectivity index is 1.57. The van der Waals surface area contributed by atoms with E-state index in [1.165, 1.54) is 42.6 Å². The maximum absolute atomic E-state index is 12.8. The minimum atomic E-state index is -0.665. The monoisotopic (exact) mass is 546 g/mol. The number of hydrogen-bond acceptors (Lipinski definition) is 6. The molecule has 0 atom stereocenters. The lowest BCUT2D eigenvalue weighted by atomic mass is 10.1. The molecular formula is C29H20Cl2N2O5. The molecule has 0 radical (unpaired) electrons. The van der Waals surface area contributed by atoms with Gasteiger partial charge in [0.05, 0.1) is 17.3 Å². The van der Waals surface area contributed by atoms with Crippen molar-refractivity contribution in [3.63, 3.8) is 0 Å². The molecule has 38 heavy (non-hydrogen) atoms. The first-order valence-corrected chi connectivity index (χ1v) is 12.0. The molecule has 9 heteroatoms. The van der Waals surface area contributed by atoms with E-state index >= 15 is 0 Å². The van der Waals surface area contributed by atoms with Crippen LogP contribution in [0.2, 0.25) is 10.0 Å². The SMILES string of the molecule is Cc1ccccc1C(=O)N/N=C\c1ccc(OC(=O)c2ccc(Cl)cc2)cc1OC(=O)c1ccc(Cl)cc1. The molecule has 0 aromatic heterocycles. The number of hydrazone groups is 1. The van der Waals surface area contributed by atoms with Gasteiger partial charge in [-0.2, -0.15) is 5.10 Å². The van der Waals surface area contributed by atoms with Crippen molar-refractivity contribution in [3.05, 3.63) is 129 Å². The van der Waals surface area contributed by atoms with Crippen molar-refractivity contribution in [3.8, 4) is 11.5 Å². The lowest BCUT2D eigenvalue weighted by molar-refractivity contribution is 0.0732. The fraction of sp³-hybridized carbons (Fsp3) is 0.0345. The normalized spacial score (nSPS) is 10.7. The van der Waals surface area contributed by atoms with Crippen molar-refractivity contribution >= 4 is 47.3 Å². The highest BCUT2D eigenvalue weighted by atomic mass is 35.5. The molecule has 190 valence electrons. The quantitative estimate of drug-likeness (QED) is 0.123. The van der Waals surface area contributed by atoms with Crippen molar-refractivity contribution in [1.29, 1.82) is 0 Å². The number of nitrogens with zero attached hydrogens (tertiary/aromatic N) is 1. The summed E-state index contributed by atoms with van der Waals surface area (Å²) in [6.07, 6.45) is 1.32. The summed E-state index contributed by atoms with van der Waals surface area (Å²) < 4.78 is 11.0. The molecule has 0 fully saturated rings. The molecule has 4 aromatic carbocycles. The van der Waals surface area contributed by atoms with Gasteiger partial charge in [0.1, 0.15) is 11.5 Å². The average molecular weight is 547 g/mol. The molecule has 0 aliphatic rings. The second-order valence-corrected chi connectivity index (χ2v) is 8.88. The van der Waals surface area contributed by atoms with Crippen molar-refractivity contribution in [1.82, 2.24) is 5.43 Å². The van der Waals surface area contributed by atoms with Gasteiger partial charge in [-0.1, -0.05) is 41.4 Å². The van der Waals surface area contributed by atoms with E-state index in [2.05, 4.69) is 10.5 Å². The summed E-state index contributed by atoms with van der Waals surface area (Å²) in [7, 11) is 0. The molecule has 4 aromatic rings. The Morgan fingerprint density at radius 1 is 0.763 bits per heavy atom. The van der Waals surface area contributed by atoms with Crippen LogP contribution in [0.3, 0.4) is 0 Å². The topological polar surface area (TPSA) is 94.1 Å². The summed E-state index contributed by atoms with van der Waals surface area (Å²) in [6.45, 7) is 1.82. The third kappa shape index (κ3) is 6.85. The van der Waals surface area contributed by atoms with Crippen LogP contribution in [-0.2, 0) is 0 Å². The lowest BCUT2D eigenvalue weighted by Crippen LogP contribution is -2.18. The van der Waals surface area contributed by atoms with E-state index in [0.29, 0.717) is 26.7 Å². The number of benzene rings is 4. The predicted octanol–water partition coefficient (Wildman–Crippen LogP) is 6.50. The van der Waals surface area contributed by atoms with Crippen molar-refractivity contribution in [2.24, 2.45) is 5.10 Å². The van der Waals surface area contributed by atoms with Gasteiger partial charge in [0.25, 0.3) is 5.91 Å². The standard InChI is InChI=1S/C29H20Cl2N2O5/c1-18-4-2-3-5-25(18)27(34)33-32-17-21-10-15-24(37-28(35)19-6-11-22(30)12-7-19)16-26(21)38-29(36)20-8-13-23(31)14-9-20/h2-17H,1H3,(H,33,34)/b32-17-. The Labute approximate surface area is 228 Å². The molecule has 7 nitrogen and oxygen atoms in total. The van der Waals surface area contributed by atoms with Crippen LogP contribution in [0.5, 0.6) is 11.5 Å². The number of amides is 1. The number of carbonyl (C=O) groups excluding carboxylic acids is 3. The molecular weight excluding hydrogens is 527 g/mol. The highest BCUT2D eigenvalue weighted by molar-refractivity contribution is 6.31. The average Bonchev–Trinajstić information content (AvgIpc) is 2.90. The van der Waals surface area contributed by atoms with Gasteiger partial charge in [-0.05, 0) is 79.2 Å². The molecule has 0 aliphatic heterocycles. The fourth-order valence-corrected chi connectivity index (χ4v) is 3.57. The summed E-state index contributed by atoms with van der Waals surface area (Å²) in [5, 5.41) is 4.95. The molecule has 1 N–H and O–H groups in total. The molecule has 0 heterocycles. The van der Waals surface area contributed by atoms with E-state index < -0.39 is 17.8 Å². The van der Waals surface area contributed by atoms with Gasteiger partial charge in [0.2, 0.25) is 0 Å². The van der Waals surface area contributed by atoms with Crippen molar-refractivity contribution in [2.45, 2.75) is 6.92 Å². The van der Waals surface area contributed by atoms with Crippen LogP contribution in [0.15, 0.2) is 96.1 Å². The van der Waals surface area contributed by atoms with Gasteiger partial charge in [-0.3, -0.25) is 4.79 Å². The van der Waals surface area contributed by atoms with Crippen LogP contribution in [0.4, 0.5) is 0 Å². The van der Waals surface area contributed by atoms with Gasteiger partial charge in [0, 0.05) is 27.2 Å². The summed E-state index contributed by atoms with van der Waals surface area (Å²) in [4.78, 5) is 37.8. The summed E-state index contributed by atoms with van der Waals surface area (Å²) in [5.74, 6) is -1.50. The van der Waals surface area contributed by atoms with E-state index in [-0.39, 0.29) is 17.1 Å². The molecule has 0 aliphatic carbocycles. The maximum Gasteiger partial charge on any atom is 0.343 e. The highest BCUT2D eigenvalue weighted by Gasteiger charge is 2.15. The number of ether oxygens (including phenoxy) is 2. The Hall–Kier alpha value is -4.46. The smallest absolute Gasteiger partial charge is 0.343 e. The fourth-order valence-electron chi connectivity index (χ4n) is 3.32. The summed E-state index contributed by atoms with van der Waals surface area (Å²) in [5.41, 5.74) is 4.63. The Morgan fingerprint density at radius 3 is 1.95 bits per heavy atom. The zero-order valence-electron chi connectivity index (χ0n) is 20.0. The zero-order valence-corrected chi connectivity index (χ0v) is 21.5. The Kier molecular flexibility index (Phi) is 8.53. The third-order valence-electron chi connectivity index (χ3n) is 5.32. The van der Waals surface area contributed by atoms with Gasteiger partial charge in [-0.25, -0.2) is 15.0 Å². The van der Waals surface area contributed by atoms with Crippen LogP contribution < -0.4 is 14.9 Å². The number of esters is 2. The molecule has 0 saturated carbocycles. The second kappa shape index (κ2) is 12.2. The number of halogens is 2. The minimum absolute atomic E-state index is 0.0558. The Morgan fingerprint density at radius 2 is 1.34 bits per heavy atom. The van der Waals surface area contributed by atoms with Crippen molar-refractivity contribution in [2.75, 3.05) is 0 Å². The zero-order chi connectivity index (χ0) is 27.1. The highest BCUT2D eigenvalue weighted by Crippen LogP contribution is 2.26. The van der Waals surface area contributed by atoms with Crippen LogP contribution in [-0.4, -0.2) is 24.1 Å². The van der Waals surface area contributed by atoms with Gasteiger partial charge < -0.3 is 9.47 Å². The second-order valence-electron chi connectivity index (χ2n) is 8.01. The Bertz CT molecular complexity index is 1520. The van der Waals surface area contributed by atoms with Crippen LogP contribution in [0.1, 0.15) is 42.2 Å². The predicted molar refractivity (Wildman–Crippen MR) is 146 cm³/mol. The van der Waals surface area contributed by atoms with Crippen LogP contribution in [0, 0.1) is 6.92 Å². The number of rotatable bonds is 7. The number of carbonyl (C=O) groups is 3. The van der Waals surface area contributed by atoms with E-state index in [1.807, 2.05) is 19.1 Å². The summed E-state index contributed by atoms with van der Waals surface area (Å²) >= 11 is 11.8. The maximum atomic E-state index is 12.8. The number of nitrogens with one attached hydrogen (secondary N) is 1.